The predicted molar refractivity (Wildman–Crippen MR) is 86.8 cm³/mol. The summed E-state index contributed by atoms with van der Waals surface area (Å²) in [5.74, 6) is 0.259. The largest absolute Gasteiger partial charge is 0.322 e. The van der Waals surface area contributed by atoms with E-state index in [9.17, 15) is 4.79 Å². The maximum absolute atomic E-state index is 12.7. The molecule has 1 aliphatic rings. The Morgan fingerprint density at radius 2 is 1.86 bits per heavy atom. The summed E-state index contributed by atoms with van der Waals surface area (Å²) in [6.45, 7) is 9.62. The third-order valence-electron chi connectivity index (χ3n) is 4.05. The number of carbonyl (C=O) groups is 1. The number of carbonyl (C=O) groups excluding carboxylic acids is 1. The molecular weight excluding hydrogens is 260 g/mol. The number of rotatable bonds is 5. The van der Waals surface area contributed by atoms with E-state index in [-0.39, 0.29) is 23.5 Å². The van der Waals surface area contributed by atoms with Gasteiger partial charge in [-0.3, -0.25) is 10.1 Å². The third kappa shape index (κ3) is 4.07. The number of hydrogen-bond acceptors (Lipinski definition) is 2. The lowest BCUT2D eigenvalue weighted by Crippen LogP contribution is -2.33. The van der Waals surface area contributed by atoms with Crippen LogP contribution in [0.1, 0.15) is 58.7 Å². The van der Waals surface area contributed by atoms with Crippen LogP contribution in [0.2, 0.25) is 0 Å². The fraction of sp³-hybridized carbons (Fsp3) is 0.611. The van der Waals surface area contributed by atoms with Crippen LogP contribution < -0.4 is 5.32 Å². The lowest BCUT2D eigenvalue weighted by Gasteiger charge is -2.28. The second kappa shape index (κ2) is 6.61. The first-order chi connectivity index (χ1) is 9.92. The quantitative estimate of drug-likeness (QED) is 0.895. The van der Waals surface area contributed by atoms with Crippen molar-refractivity contribution in [1.82, 2.24) is 10.2 Å². The Bertz CT molecular complexity index is 464. The fourth-order valence-electron chi connectivity index (χ4n) is 2.78. The molecule has 0 aliphatic carbocycles. The van der Waals surface area contributed by atoms with Gasteiger partial charge >= 0.3 is 0 Å². The summed E-state index contributed by atoms with van der Waals surface area (Å²) in [6.07, 6.45) is 2.98. The SMILES string of the molecule is CCCC1NC(c2ccccc2)N(CCC(C)(C)C)C1=O. The summed E-state index contributed by atoms with van der Waals surface area (Å²) >= 11 is 0. The lowest BCUT2D eigenvalue weighted by molar-refractivity contribution is -0.130. The standard InChI is InChI=1S/C18H28N2O/c1-5-9-15-17(21)20(13-12-18(2,3)4)16(19-15)14-10-7-6-8-11-14/h6-8,10-11,15-16,19H,5,9,12-13H2,1-4H3. The van der Waals surface area contributed by atoms with E-state index in [4.69, 9.17) is 0 Å². The molecular formula is C18H28N2O. The highest BCUT2D eigenvalue weighted by molar-refractivity contribution is 5.84. The van der Waals surface area contributed by atoms with E-state index in [1.165, 1.54) is 5.56 Å². The van der Waals surface area contributed by atoms with Crippen LogP contribution in [-0.4, -0.2) is 23.4 Å². The van der Waals surface area contributed by atoms with Gasteiger partial charge in [-0.05, 0) is 23.8 Å². The van der Waals surface area contributed by atoms with Crippen molar-refractivity contribution in [3.63, 3.8) is 0 Å². The zero-order valence-corrected chi connectivity index (χ0v) is 13.7. The molecule has 1 aliphatic heterocycles. The number of hydrogen-bond donors (Lipinski definition) is 1. The van der Waals surface area contributed by atoms with Crippen molar-refractivity contribution in [3.05, 3.63) is 35.9 Å². The van der Waals surface area contributed by atoms with Crippen LogP contribution in [-0.2, 0) is 4.79 Å². The molecule has 21 heavy (non-hydrogen) atoms. The molecule has 1 aromatic carbocycles. The van der Waals surface area contributed by atoms with Gasteiger partial charge in [0.05, 0.1) is 6.04 Å². The monoisotopic (exact) mass is 288 g/mol. The first-order valence-electron chi connectivity index (χ1n) is 8.04. The van der Waals surface area contributed by atoms with Gasteiger partial charge in [-0.1, -0.05) is 64.4 Å². The molecule has 116 valence electrons. The van der Waals surface area contributed by atoms with E-state index in [1.807, 2.05) is 23.1 Å². The zero-order chi connectivity index (χ0) is 15.5. The Hall–Kier alpha value is -1.35. The predicted octanol–water partition coefficient (Wildman–Crippen LogP) is 3.72. The van der Waals surface area contributed by atoms with Crippen molar-refractivity contribution in [2.75, 3.05) is 6.54 Å². The van der Waals surface area contributed by atoms with Crippen LogP contribution in [0.3, 0.4) is 0 Å². The zero-order valence-electron chi connectivity index (χ0n) is 13.7. The first kappa shape index (κ1) is 16.0. The van der Waals surface area contributed by atoms with Gasteiger partial charge in [0.2, 0.25) is 5.91 Å². The number of amides is 1. The molecule has 0 spiro atoms. The van der Waals surface area contributed by atoms with Gasteiger partial charge in [0.1, 0.15) is 6.17 Å². The topological polar surface area (TPSA) is 32.3 Å². The van der Waals surface area contributed by atoms with Crippen LogP contribution >= 0.6 is 0 Å². The Kier molecular flexibility index (Phi) is 5.04. The Morgan fingerprint density at radius 1 is 1.19 bits per heavy atom. The van der Waals surface area contributed by atoms with Crippen molar-refractivity contribution >= 4 is 5.91 Å². The summed E-state index contributed by atoms with van der Waals surface area (Å²) in [4.78, 5) is 14.7. The van der Waals surface area contributed by atoms with Gasteiger partial charge in [-0.2, -0.15) is 0 Å². The highest BCUT2D eigenvalue weighted by Gasteiger charge is 2.38. The lowest BCUT2D eigenvalue weighted by atomic mass is 9.92. The average Bonchev–Trinajstić information content (AvgIpc) is 2.74. The van der Waals surface area contributed by atoms with Gasteiger partial charge in [0.15, 0.2) is 0 Å². The van der Waals surface area contributed by atoms with Gasteiger partial charge in [-0.25, -0.2) is 0 Å². The van der Waals surface area contributed by atoms with Crippen molar-refractivity contribution in [2.45, 2.75) is 59.2 Å². The third-order valence-corrected chi connectivity index (χ3v) is 4.05. The molecule has 3 nitrogen and oxygen atoms in total. The number of nitrogens with one attached hydrogen (secondary N) is 1. The Labute approximate surface area is 128 Å². The normalized spacial score (nSPS) is 22.9. The van der Waals surface area contributed by atoms with Crippen molar-refractivity contribution in [2.24, 2.45) is 5.41 Å². The molecule has 1 amide bonds. The molecule has 0 bridgehead atoms. The molecule has 0 radical (unpaired) electrons. The summed E-state index contributed by atoms with van der Waals surface area (Å²) in [5.41, 5.74) is 1.42. The van der Waals surface area contributed by atoms with Crippen LogP contribution in [0, 0.1) is 5.41 Å². The minimum atomic E-state index is -0.0276. The highest BCUT2D eigenvalue weighted by Crippen LogP contribution is 2.29. The second-order valence-corrected chi connectivity index (χ2v) is 7.16. The molecule has 0 saturated carbocycles. The maximum atomic E-state index is 12.7. The number of benzene rings is 1. The summed E-state index contributed by atoms with van der Waals surface area (Å²) in [5, 5.41) is 3.52. The summed E-state index contributed by atoms with van der Waals surface area (Å²) in [6, 6.07) is 10.3. The minimum Gasteiger partial charge on any atom is -0.322 e. The second-order valence-electron chi connectivity index (χ2n) is 7.16. The van der Waals surface area contributed by atoms with Crippen LogP contribution in [0.4, 0.5) is 0 Å². The summed E-state index contributed by atoms with van der Waals surface area (Å²) in [7, 11) is 0. The minimum absolute atomic E-state index is 0.0256. The Morgan fingerprint density at radius 3 is 2.43 bits per heavy atom. The highest BCUT2D eigenvalue weighted by atomic mass is 16.2. The van der Waals surface area contributed by atoms with Crippen molar-refractivity contribution in [3.8, 4) is 0 Å². The van der Waals surface area contributed by atoms with Gasteiger partial charge in [0.25, 0.3) is 0 Å². The molecule has 1 N–H and O–H groups in total. The maximum Gasteiger partial charge on any atom is 0.241 e. The molecule has 1 fully saturated rings. The van der Waals surface area contributed by atoms with Crippen molar-refractivity contribution in [1.29, 1.82) is 0 Å². The van der Waals surface area contributed by atoms with E-state index in [0.29, 0.717) is 0 Å². The molecule has 3 heteroatoms. The fourth-order valence-corrected chi connectivity index (χ4v) is 2.78. The first-order valence-corrected chi connectivity index (χ1v) is 8.04. The van der Waals surface area contributed by atoms with E-state index < -0.39 is 0 Å². The molecule has 2 atom stereocenters. The van der Waals surface area contributed by atoms with E-state index in [2.05, 4.69) is 45.1 Å². The molecule has 2 rings (SSSR count). The molecule has 1 saturated heterocycles. The van der Waals surface area contributed by atoms with Gasteiger partial charge in [-0.15, -0.1) is 0 Å². The average molecular weight is 288 g/mol. The number of nitrogens with zero attached hydrogens (tertiary/aromatic N) is 1. The van der Waals surface area contributed by atoms with Crippen LogP contribution in [0.25, 0.3) is 0 Å². The van der Waals surface area contributed by atoms with E-state index in [1.54, 1.807) is 0 Å². The summed E-state index contributed by atoms with van der Waals surface area (Å²) < 4.78 is 0. The molecule has 2 unspecified atom stereocenters. The van der Waals surface area contributed by atoms with Crippen molar-refractivity contribution < 1.29 is 4.79 Å². The van der Waals surface area contributed by atoms with E-state index in [0.717, 1.165) is 25.8 Å². The van der Waals surface area contributed by atoms with Crippen LogP contribution in [0.15, 0.2) is 30.3 Å². The van der Waals surface area contributed by atoms with E-state index >= 15 is 0 Å². The smallest absolute Gasteiger partial charge is 0.241 e. The van der Waals surface area contributed by atoms with Gasteiger partial charge < -0.3 is 4.90 Å². The Balaban J connectivity index is 2.17. The molecule has 1 heterocycles. The van der Waals surface area contributed by atoms with Crippen LogP contribution in [0.5, 0.6) is 0 Å². The molecule has 0 aromatic heterocycles. The van der Waals surface area contributed by atoms with Gasteiger partial charge in [0, 0.05) is 6.54 Å². The molecule has 1 aromatic rings.